The van der Waals surface area contributed by atoms with Crippen molar-refractivity contribution >= 4 is 0 Å². The number of hydrogen-bond donors (Lipinski definition) is 1. The van der Waals surface area contributed by atoms with Crippen LogP contribution in [-0.2, 0) is 6.42 Å². The first-order valence-electron chi connectivity index (χ1n) is 7.21. The molecule has 1 unspecified atom stereocenters. The van der Waals surface area contributed by atoms with E-state index in [-0.39, 0.29) is 17.6 Å². The fraction of sp³-hybridized carbons (Fsp3) is 0.353. The predicted octanol–water partition coefficient (Wildman–Crippen LogP) is 3.51. The van der Waals surface area contributed by atoms with Gasteiger partial charge in [-0.2, -0.15) is 0 Å². The Kier molecular flexibility index (Phi) is 5.69. The van der Waals surface area contributed by atoms with Crippen LogP contribution < -0.4 is 10.1 Å². The van der Waals surface area contributed by atoms with Gasteiger partial charge >= 0.3 is 0 Å². The molecule has 0 spiro atoms. The number of halogens is 1. The molecule has 1 heterocycles. The number of benzene rings is 1. The number of aromatic nitrogens is 1. The van der Waals surface area contributed by atoms with Gasteiger partial charge in [0, 0.05) is 18.4 Å². The average Bonchev–Trinajstić information content (AvgIpc) is 2.53. The van der Waals surface area contributed by atoms with Crippen molar-refractivity contribution in [2.45, 2.75) is 25.8 Å². The molecule has 2 aromatic rings. The highest BCUT2D eigenvalue weighted by Crippen LogP contribution is 2.25. The second-order valence-electron chi connectivity index (χ2n) is 4.92. The molecule has 1 aromatic heterocycles. The van der Waals surface area contributed by atoms with E-state index < -0.39 is 0 Å². The van der Waals surface area contributed by atoms with Crippen molar-refractivity contribution in [1.29, 1.82) is 0 Å². The summed E-state index contributed by atoms with van der Waals surface area (Å²) in [6.45, 7) is 3.00. The van der Waals surface area contributed by atoms with Gasteiger partial charge in [0.25, 0.3) is 0 Å². The van der Waals surface area contributed by atoms with Gasteiger partial charge in [-0.15, -0.1) is 0 Å². The minimum atomic E-state index is -0.280. The smallest absolute Gasteiger partial charge is 0.168 e. The monoisotopic (exact) mass is 288 g/mol. The summed E-state index contributed by atoms with van der Waals surface area (Å²) in [7, 11) is 1.48. The van der Waals surface area contributed by atoms with Crippen LogP contribution in [0.3, 0.4) is 0 Å². The molecule has 0 fully saturated rings. The van der Waals surface area contributed by atoms with Crippen LogP contribution in [0, 0.1) is 5.82 Å². The number of hydrogen-bond acceptors (Lipinski definition) is 3. The third-order valence-corrected chi connectivity index (χ3v) is 3.44. The Morgan fingerprint density at radius 3 is 2.67 bits per heavy atom. The molecule has 2 rings (SSSR count). The zero-order chi connectivity index (χ0) is 15.1. The third kappa shape index (κ3) is 4.02. The molecule has 0 aliphatic heterocycles. The van der Waals surface area contributed by atoms with E-state index in [1.54, 1.807) is 24.5 Å². The maximum Gasteiger partial charge on any atom is 0.168 e. The molecule has 0 amide bonds. The van der Waals surface area contributed by atoms with Gasteiger partial charge in [-0.3, -0.25) is 4.98 Å². The molecule has 1 atom stereocenters. The number of methoxy groups -OCH3 is 1. The summed E-state index contributed by atoms with van der Waals surface area (Å²) in [6, 6.07) is 9.26. The topological polar surface area (TPSA) is 34.1 Å². The summed E-state index contributed by atoms with van der Waals surface area (Å²) in [5.74, 6) is 0.00817. The van der Waals surface area contributed by atoms with Gasteiger partial charge in [0.2, 0.25) is 0 Å². The average molecular weight is 288 g/mol. The van der Waals surface area contributed by atoms with Gasteiger partial charge < -0.3 is 10.1 Å². The Labute approximate surface area is 125 Å². The first-order chi connectivity index (χ1) is 10.3. The number of nitrogens with one attached hydrogen (secondary N) is 1. The van der Waals surface area contributed by atoms with Crippen LogP contribution in [0.25, 0.3) is 0 Å². The summed E-state index contributed by atoms with van der Waals surface area (Å²) in [4.78, 5) is 4.04. The fourth-order valence-electron chi connectivity index (χ4n) is 2.31. The Morgan fingerprint density at radius 1 is 1.24 bits per heavy atom. The number of rotatable bonds is 7. The maximum absolute atomic E-state index is 14.3. The van der Waals surface area contributed by atoms with E-state index in [0.717, 1.165) is 18.5 Å². The summed E-state index contributed by atoms with van der Waals surface area (Å²) >= 11 is 0. The lowest BCUT2D eigenvalue weighted by molar-refractivity contribution is 0.382. The minimum Gasteiger partial charge on any atom is -0.494 e. The molecule has 0 aliphatic carbocycles. The summed E-state index contributed by atoms with van der Waals surface area (Å²) < 4.78 is 19.4. The van der Waals surface area contributed by atoms with Gasteiger partial charge in [-0.05, 0) is 48.7 Å². The Balaban J connectivity index is 2.23. The van der Waals surface area contributed by atoms with E-state index in [2.05, 4.69) is 17.2 Å². The highest BCUT2D eigenvalue weighted by Gasteiger charge is 2.16. The number of nitrogens with zero attached hydrogens (tertiary/aromatic N) is 1. The van der Waals surface area contributed by atoms with E-state index in [9.17, 15) is 4.39 Å². The lowest BCUT2D eigenvalue weighted by Gasteiger charge is -2.19. The number of ether oxygens (including phenoxy) is 1. The SMILES string of the molecule is CCCNC(Cc1cccc(OC)c1F)c1ccncc1. The molecule has 112 valence electrons. The molecule has 1 aromatic carbocycles. The van der Waals surface area contributed by atoms with Crippen molar-refractivity contribution in [3.8, 4) is 5.75 Å². The van der Waals surface area contributed by atoms with Crippen molar-refractivity contribution in [3.05, 3.63) is 59.7 Å². The second kappa shape index (κ2) is 7.74. The van der Waals surface area contributed by atoms with E-state index in [1.165, 1.54) is 7.11 Å². The molecular formula is C17H21FN2O. The van der Waals surface area contributed by atoms with Crippen molar-refractivity contribution in [2.24, 2.45) is 0 Å². The van der Waals surface area contributed by atoms with Crippen LogP contribution in [0.15, 0.2) is 42.7 Å². The zero-order valence-electron chi connectivity index (χ0n) is 12.5. The molecule has 21 heavy (non-hydrogen) atoms. The van der Waals surface area contributed by atoms with Crippen LogP contribution in [0.5, 0.6) is 5.75 Å². The van der Waals surface area contributed by atoms with Crippen molar-refractivity contribution in [3.63, 3.8) is 0 Å². The first kappa shape index (κ1) is 15.4. The van der Waals surface area contributed by atoms with Crippen LogP contribution in [-0.4, -0.2) is 18.6 Å². The molecule has 0 radical (unpaired) electrons. The Hall–Kier alpha value is -1.94. The highest BCUT2D eigenvalue weighted by atomic mass is 19.1. The Bertz CT molecular complexity index is 560. The van der Waals surface area contributed by atoms with E-state index in [0.29, 0.717) is 12.0 Å². The maximum atomic E-state index is 14.3. The normalized spacial score (nSPS) is 12.1. The van der Waals surface area contributed by atoms with Gasteiger partial charge in [0.15, 0.2) is 11.6 Å². The molecule has 0 aliphatic rings. The van der Waals surface area contributed by atoms with Crippen molar-refractivity contribution < 1.29 is 9.13 Å². The zero-order valence-corrected chi connectivity index (χ0v) is 12.5. The molecule has 0 bridgehead atoms. The van der Waals surface area contributed by atoms with Crippen LogP contribution in [0.4, 0.5) is 4.39 Å². The van der Waals surface area contributed by atoms with Crippen LogP contribution in [0.2, 0.25) is 0 Å². The van der Waals surface area contributed by atoms with Crippen LogP contribution in [0.1, 0.15) is 30.5 Å². The Morgan fingerprint density at radius 2 is 2.00 bits per heavy atom. The fourth-order valence-corrected chi connectivity index (χ4v) is 2.31. The van der Waals surface area contributed by atoms with Gasteiger partial charge in [-0.25, -0.2) is 4.39 Å². The van der Waals surface area contributed by atoms with Gasteiger partial charge in [0.1, 0.15) is 0 Å². The molecular weight excluding hydrogens is 267 g/mol. The van der Waals surface area contributed by atoms with E-state index in [1.807, 2.05) is 18.2 Å². The van der Waals surface area contributed by atoms with E-state index in [4.69, 9.17) is 4.74 Å². The first-order valence-corrected chi connectivity index (χ1v) is 7.21. The summed E-state index contributed by atoms with van der Waals surface area (Å²) in [5, 5.41) is 3.46. The van der Waals surface area contributed by atoms with Crippen molar-refractivity contribution in [2.75, 3.05) is 13.7 Å². The predicted molar refractivity (Wildman–Crippen MR) is 81.9 cm³/mol. The second-order valence-corrected chi connectivity index (χ2v) is 4.92. The quantitative estimate of drug-likeness (QED) is 0.846. The molecule has 4 heteroatoms. The summed E-state index contributed by atoms with van der Waals surface area (Å²) in [6.07, 6.45) is 5.13. The molecule has 1 N–H and O–H groups in total. The molecule has 0 saturated heterocycles. The summed E-state index contributed by atoms with van der Waals surface area (Å²) in [5.41, 5.74) is 1.76. The minimum absolute atomic E-state index is 0.0644. The lowest BCUT2D eigenvalue weighted by Crippen LogP contribution is -2.24. The van der Waals surface area contributed by atoms with Gasteiger partial charge in [0.05, 0.1) is 7.11 Å². The van der Waals surface area contributed by atoms with Crippen LogP contribution >= 0.6 is 0 Å². The highest BCUT2D eigenvalue weighted by molar-refractivity contribution is 5.32. The van der Waals surface area contributed by atoms with E-state index >= 15 is 0 Å². The lowest BCUT2D eigenvalue weighted by atomic mass is 9.99. The number of pyridine rings is 1. The van der Waals surface area contributed by atoms with Crippen molar-refractivity contribution in [1.82, 2.24) is 10.3 Å². The molecule has 0 saturated carbocycles. The van der Waals surface area contributed by atoms with Gasteiger partial charge in [-0.1, -0.05) is 19.1 Å². The third-order valence-electron chi connectivity index (χ3n) is 3.44. The standard InChI is InChI=1S/C17H21FN2O/c1-3-9-20-15(13-7-10-19-11-8-13)12-14-5-4-6-16(21-2)17(14)18/h4-8,10-11,15,20H,3,9,12H2,1-2H3. The molecule has 3 nitrogen and oxygen atoms in total. The largest absolute Gasteiger partial charge is 0.494 e.